The van der Waals surface area contributed by atoms with Gasteiger partial charge in [0, 0.05) is 18.5 Å². The fourth-order valence-electron chi connectivity index (χ4n) is 3.31. The lowest BCUT2D eigenvalue weighted by Crippen LogP contribution is -2.26. The number of aliphatic carboxylic acids is 1. The minimum Gasteiger partial charge on any atom is -0.481 e. The van der Waals surface area contributed by atoms with Gasteiger partial charge in [-0.05, 0) is 54.8 Å². The van der Waals surface area contributed by atoms with Crippen LogP contribution in [0.25, 0.3) is 0 Å². The SMILES string of the molecule is CN1c2ccccc2C(NCCCCC(=O)O)c2cc(Cl)ccc2S1(=O)=O. The van der Waals surface area contributed by atoms with E-state index in [2.05, 4.69) is 5.32 Å². The van der Waals surface area contributed by atoms with Crippen molar-refractivity contribution in [3.63, 3.8) is 0 Å². The molecule has 1 aliphatic heterocycles. The Morgan fingerprint density at radius 1 is 1.19 bits per heavy atom. The van der Waals surface area contributed by atoms with Crippen molar-refractivity contribution in [2.75, 3.05) is 17.9 Å². The average Bonchev–Trinajstić information content (AvgIpc) is 2.69. The molecule has 0 fully saturated rings. The van der Waals surface area contributed by atoms with Crippen LogP contribution in [0.2, 0.25) is 5.02 Å². The van der Waals surface area contributed by atoms with Crippen molar-refractivity contribution < 1.29 is 18.3 Å². The molecule has 0 saturated carbocycles. The summed E-state index contributed by atoms with van der Waals surface area (Å²) in [5, 5.41) is 12.6. The van der Waals surface area contributed by atoms with Crippen LogP contribution in [0.15, 0.2) is 47.4 Å². The Kier molecular flexibility index (Phi) is 5.74. The molecule has 0 amide bonds. The largest absolute Gasteiger partial charge is 0.481 e. The third-order valence-corrected chi connectivity index (χ3v) is 6.75. The molecule has 1 aliphatic rings. The van der Waals surface area contributed by atoms with Crippen LogP contribution in [-0.4, -0.2) is 33.1 Å². The highest BCUT2D eigenvalue weighted by molar-refractivity contribution is 7.92. The number of carboxylic acids is 1. The second kappa shape index (κ2) is 7.88. The highest BCUT2D eigenvalue weighted by Gasteiger charge is 2.34. The van der Waals surface area contributed by atoms with Gasteiger partial charge in [0.2, 0.25) is 0 Å². The number of sulfonamides is 1. The summed E-state index contributed by atoms with van der Waals surface area (Å²) < 4.78 is 27.5. The number of hydrogen-bond donors (Lipinski definition) is 2. The van der Waals surface area contributed by atoms with Crippen molar-refractivity contribution in [1.29, 1.82) is 0 Å². The zero-order valence-electron chi connectivity index (χ0n) is 14.9. The number of nitrogens with zero attached hydrogens (tertiary/aromatic N) is 1. The first-order valence-corrected chi connectivity index (χ1v) is 10.5. The fraction of sp³-hybridized carbons (Fsp3) is 0.316. The van der Waals surface area contributed by atoms with E-state index in [-0.39, 0.29) is 17.4 Å². The number of carboxylic acid groups (broad SMARTS) is 1. The standard InChI is InChI=1S/C19H21ClN2O4S/c1-22-16-7-3-2-6-14(16)19(21-11-5-4-8-18(23)24)15-12-13(20)9-10-17(15)27(22,25)26/h2-3,6-7,9-10,12,19,21H,4-5,8,11H2,1H3,(H,23,24). The predicted octanol–water partition coefficient (Wildman–Crippen LogP) is 3.41. The molecule has 2 N–H and O–H groups in total. The third kappa shape index (κ3) is 3.95. The Bertz CT molecular complexity index is 962. The van der Waals surface area contributed by atoms with Crippen LogP contribution in [-0.2, 0) is 14.8 Å². The Balaban J connectivity index is 2.02. The summed E-state index contributed by atoms with van der Waals surface area (Å²) in [6.07, 6.45) is 1.34. The van der Waals surface area contributed by atoms with Gasteiger partial charge in [-0.25, -0.2) is 8.42 Å². The van der Waals surface area contributed by atoms with E-state index in [0.29, 0.717) is 35.7 Å². The van der Waals surface area contributed by atoms with Gasteiger partial charge in [-0.3, -0.25) is 9.10 Å². The molecule has 27 heavy (non-hydrogen) atoms. The van der Waals surface area contributed by atoms with Crippen molar-refractivity contribution in [3.05, 3.63) is 58.6 Å². The molecule has 1 heterocycles. The van der Waals surface area contributed by atoms with E-state index in [9.17, 15) is 13.2 Å². The number of nitrogens with one attached hydrogen (secondary N) is 1. The summed E-state index contributed by atoms with van der Waals surface area (Å²) in [6.45, 7) is 0.558. The highest BCUT2D eigenvalue weighted by atomic mass is 35.5. The first-order chi connectivity index (χ1) is 12.8. The number of carbonyl (C=O) groups is 1. The van der Waals surface area contributed by atoms with Gasteiger partial charge < -0.3 is 10.4 Å². The van der Waals surface area contributed by atoms with E-state index >= 15 is 0 Å². The van der Waals surface area contributed by atoms with Gasteiger partial charge in [0.15, 0.2) is 0 Å². The molecule has 0 bridgehead atoms. The lowest BCUT2D eigenvalue weighted by Gasteiger charge is -2.22. The summed E-state index contributed by atoms with van der Waals surface area (Å²) >= 11 is 6.17. The number of hydrogen-bond acceptors (Lipinski definition) is 4. The molecule has 1 atom stereocenters. The molecular weight excluding hydrogens is 388 g/mol. The molecule has 2 aromatic rings. The molecule has 2 aromatic carbocycles. The van der Waals surface area contributed by atoms with Gasteiger partial charge in [-0.1, -0.05) is 29.8 Å². The maximum Gasteiger partial charge on any atom is 0.303 e. The average molecular weight is 409 g/mol. The number of anilines is 1. The molecule has 0 aliphatic carbocycles. The first-order valence-electron chi connectivity index (χ1n) is 8.65. The van der Waals surface area contributed by atoms with Gasteiger partial charge in [0.1, 0.15) is 0 Å². The maximum absolute atomic E-state index is 13.1. The van der Waals surface area contributed by atoms with Crippen molar-refractivity contribution in [2.45, 2.75) is 30.2 Å². The second-order valence-corrected chi connectivity index (χ2v) is 8.83. The fourth-order valence-corrected chi connectivity index (χ4v) is 4.93. The van der Waals surface area contributed by atoms with Crippen LogP contribution in [0.5, 0.6) is 0 Å². The van der Waals surface area contributed by atoms with Gasteiger partial charge >= 0.3 is 5.97 Å². The molecular formula is C19H21ClN2O4S. The molecule has 1 unspecified atom stereocenters. The summed E-state index contributed by atoms with van der Waals surface area (Å²) in [5.74, 6) is -0.820. The van der Waals surface area contributed by atoms with E-state index in [1.807, 2.05) is 12.1 Å². The third-order valence-electron chi connectivity index (χ3n) is 4.67. The van der Waals surface area contributed by atoms with Crippen LogP contribution in [0.1, 0.15) is 36.4 Å². The van der Waals surface area contributed by atoms with Crippen LogP contribution >= 0.6 is 11.6 Å². The van der Waals surface area contributed by atoms with Gasteiger partial charge in [-0.15, -0.1) is 0 Å². The van der Waals surface area contributed by atoms with Gasteiger partial charge in [0.05, 0.1) is 16.6 Å². The quantitative estimate of drug-likeness (QED) is 0.715. The molecule has 0 aromatic heterocycles. The number of benzene rings is 2. The van der Waals surface area contributed by atoms with Crippen LogP contribution in [0, 0.1) is 0 Å². The summed E-state index contributed by atoms with van der Waals surface area (Å²) in [4.78, 5) is 10.9. The number of unbranched alkanes of at least 4 members (excludes halogenated alkanes) is 1. The maximum atomic E-state index is 13.1. The lowest BCUT2D eigenvalue weighted by molar-refractivity contribution is -0.137. The molecule has 8 heteroatoms. The smallest absolute Gasteiger partial charge is 0.303 e. The Hall–Kier alpha value is -2.09. The van der Waals surface area contributed by atoms with Crippen molar-refractivity contribution in [3.8, 4) is 0 Å². The monoisotopic (exact) mass is 408 g/mol. The molecule has 0 spiro atoms. The Morgan fingerprint density at radius 2 is 1.93 bits per heavy atom. The summed E-state index contributed by atoms with van der Waals surface area (Å²) in [5.41, 5.74) is 2.04. The van der Waals surface area contributed by atoms with Crippen LogP contribution in [0.4, 0.5) is 5.69 Å². The lowest BCUT2D eigenvalue weighted by atomic mass is 9.96. The second-order valence-electron chi connectivity index (χ2n) is 6.45. The number of fused-ring (bicyclic) bond motifs is 2. The predicted molar refractivity (Wildman–Crippen MR) is 105 cm³/mol. The minimum absolute atomic E-state index is 0.114. The molecule has 144 valence electrons. The van der Waals surface area contributed by atoms with Crippen LogP contribution < -0.4 is 9.62 Å². The Morgan fingerprint density at radius 3 is 2.67 bits per heavy atom. The molecule has 3 rings (SSSR count). The number of rotatable bonds is 6. The van der Waals surface area contributed by atoms with Gasteiger partial charge in [-0.2, -0.15) is 0 Å². The van der Waals surface area contributed by atoms with Crippen LogP contribution in [0.3, 0.4) is 0 Å². The topological polar surface area (TPSA) is 86.7 Å². The van der Waals surface area contributed by atoms with Crippen molar-refractivity contribution in [1.82, 2.24) is 5.32 Å². The summed E-state index contributed by atoms with van der Waals surface area (Å²) in [7, 11) is -2.17. The summed E-state index contributed by atoms with van der Waals surface area (Å²) in [6, 6.07) is 11.8. The normalized spacial score (nSPS) is 17.7. The zero-order chi connectivity index (χ0) is 19.6. The van der Waals surface area contributed by atoms with E-state index in [0.717, 1.165) is 5.56 Å². The Labute approximate surface area is 163 Å². The van der Waals surface area contributed by atoms with Crippen molar-refractivity contribution >= 4 is 33.3 Å². The zero-order valence-corrected chi connectivity index (χ0v) is 16.4. The highest BCUT2D eigenvalue weighted by Crippen LogP contribution is 2.40. The minimum atomic E-state index is -3.71. The van der Waals surface area contributed by atoms with Gasteiger partial charge in [0.25, 0.3) is 10.0 Å². The van der Waals surface area contributed by atoms with E-state index in [1.54, 1.807) is 31.3 Å². The van der Waals surface area contributed by atoms with Crippen molar-refractivity contribution in [2.24, 2.45) is 0 Å². The molecule has 6 nitrogen and oxygen atoms in total. The number of halogens is 1. The number of para-hydroxylation sites is 1. The van der Waals surface area contributed by atoms with E-state index in [4.69, 9.17) is 16.7 Å². The molecule has 0 radical (unpaired) electrons. The molecule has 0 saturated heterocycles. The first kappa shape index (κ1) is 19.7. The van der Waals surface area contributed by atoms with E-state index < -0.39 is 16.0 Å². The van der Waals surface area contributed by atoms with E-state index in [1.165, 1.54) is 10.4 Å².